The van der Waals surface area contributed by atoms with Crippen LogP contribution in [0.4, 0.5) is 0 Å². The molecule has 2 atom stereocenters. The molecule has 168 valence electrons. The SMILES string of the molecule is Cc1ccc(OC(C)(C)C(=N)N(C#N)C2C3CC4CC2CC(S(N)(=O)=O)(C4)C3)c(Cl)c1. The van der Waals surface area contributed by atoms with E-state index in [0.717, 1.165) is 18.4 Å². The fraction of sp³-hybridized carbons (Fsp3) is 0.636. The van der Waals surface area contributed by atoms with Crippen LogP contribution in [-0.2, 0) is 10.0 Å². The molecule has 2 unspecified atom stereocenters. The summed E-state index contributed by atoms with van der Waals surface area (Å²) in [5.74, 6) is 0.857. The highest BCUT2D eigenvalue weighted by Crippen LogP contribution is 2.59. The Morgan fingerprint density at radius 1 is 1.32 bits per heavy atom. The lowest BCUT2D eigenvalue weighted by molar-refractivity contribution is -0.0244. The number of nitriles is 1. The van der Waals surface area contributed by atoms with Gasteiger partial charge >= 0.3 is 0 Å². The Labute approximate surface area is 189 Å². The fourth-order valence-electron chi connectivity index (χ4n) is 6.26. The summed E-state index contributed by atoms with van der Waals surface area (Å²) in [4.78, 5) is 1.45. The van der Waals surface area contributed by atoms with E-state index < -0.39 is 20.4 Å². The van der Waals surface area contributed by atoms with Crippen LogP contribution in [0.5, 0.6) is 5.75 Å². The number of hydrogen-bond acceptors (Lipinski definition) is 5. The van der Waals surface area contributed by atoms with E-state index in [2.05, 4.69) is 6.19 Å². The Kier molecular flexibility index (Phi) is 5.31. The maximum atomic E-state index is 12.4. The van der Waals surface area contributed by atoms with E-state index in [-0.39, 0.29) is 23.7 Å². The highest BCUT2D eigenvalue weighted by Gasteiger charge is 2.61. The number of nitrogens with two attached hydrogens (primary N) is 1. The van der Waals surface area contributed by atoms with Crippen LogP contribution in [0.2, 0.25) is 5.02 Å². The Hall–Kier alpha value is -1.82. The summed E-state index contributed by atoms with van der Waals surface area (Å²) < 4.78 is 30.0. The van der Waals surface area contributed by atoms with Gasteiger partial charge in [-0.25, -0.2) is 13.6 Å². The zero-order valence-electron chi connectivity index (χ0n) is 18.1. The van der Waals surface area contributed by atoms with E-state index in [4.69, 9.17) is 26.9 Å². The van der Waals surface area contributed by atoms with Gasteiger partial charge in [-0.1, -0.05) is 17.7 Å². The second-order valence-corrected chi connectivity index (χ2v) is 12.4. The third kappa shape index (κ3) is 3.71. The molecule has 5 rings (SSSR count). The van der Waals surface area contributed by atoms with E-state index in [1.54, 1.807) is 26.0 Å². The van der Waals surface area contributed by atoms with Gasteiger partial charge in [0, 0.05) is 0 Å². The number of nitrogens with one attached hydrogen (secondary N) is 1. The summed E-state index contributed by atoms with van der Waals surface area (Å²) in [7, 11) is -3.67. The highest BCUT2D eigenvalue weighted by atomic mass is 35.5. The van der Waals surface area contributed by atoms with E-state index in [1.807, 2.05) is 13.0 Å². The molecule has 4 aliphatic carbocycles. The minimum atomic E-state index is -3.67. The van der Waals surface area contributed by atoms with Crippen molar-refractivity contribution < 1.29 is 13.2 Å². The average Bonchev–Trinajstić information content (AvgIpc) is 2.65. The van der Waals surface area contributed by atoms with Crippen molar-refractivity contribution in [2.75, 3.05) is 0 Å². The molecule has 0 heterocycles. The van der Waals surface area contributed by atoms with Crippen molar-refractivity contribution in [3.63, 3.8) is 0 Å². The van der Waals surface area contributed by atoms with Gasteiger partial charge in [0.1, 0.15) is 5.75 Å². The summed E-state index contributed by atoms with van der Waals surface area (Å²) in [6, 6.07) is 5.24. The Morgan fingerprint density at radius 2 is 1.94 bits per heavy atom. The molecule has 4 aliphatic rings. The molecule has 1 aromatic rings. The molecule has 3 N–H and O–H groups in total. The molecule has 7 nitrogen and oxygen atoms in total. The lowest BCUT2D eigenvalue weighted by Gasteiger charge is -2.60. The van der Waals surface area contributed by atoms with Gasteiger partial charge in [0.05, 0.1) is 15.8 Å². The van der Waals surface area contributed by atoms with Crippen LogP contribution in [0.3, 0.4) is 0 Å². The molecule has 0 aromatic heterocycles. The van der Waals surface area contributed by atoms with Gasteiger partial charge in [0.2, 0.25) is 10.0 Å². The van der Waals surface area contributed by atoms with Crippen LogP contribution in [0, 0.1) is 41.5 Å². The normalized spacial score (nSPS) is 31.9. The van der Waals surface area contributed by atoms with Crippen molar-refractivity contribution >= 4 is 27.5 Å². The van der Waals surface area contributed by atoms with Crippen molar-refractivity contribution in [2.24, 2.45) is 22.9 Å². The first-order valence-corrected chi connectivity index (χ1v) is 12.5. The Bertz CT molecular complexity index is 1050. The van der Waals surface area contributed by atoms with Crippen molar-refractivity contribution in [3.8, 4) is 11.9 Å². The highest BCUT2D eigenvalue weighted by molar-refractivity contribution is 7.90. The predicted molar refractivity (Wildman–Crippen MR) is 119 cm³/mol. The zero-order valence-corrected chi connectivity index (χ0v) is 19.6. The first kappa shape index (κ1) is 22.4. The monoisotopic (exact) mass is 464 g/mol. The number of benzene rings is 1. The molecule has 4 fully saturated rings. The summed E-state index contributed by atoms with van der Waals surface area (Å²) >= 11 is 6.32. The van der Waals surface area contributed by atoms with Gasteiger partial charge in [0.25, 0.3) is 0 Å². The second-order valence-electron chi connectivity index (χ2n) is 10.1. The predicted octanol–water partition coefficient (Wildman–Crippen LogP) is 3.80. The maximum Gasteiger partial charge on any atom is 0.214 e. The number of sulfonamides is 1. The van der Waals surface area contributed by atoms with Gasteiger partial charge in [0.15, 0.2) is 17.6 Å². The lowest BCUT2D eigenvalue weighted by atomic mass is 9.53. The van der Waals surface area contributed by atoms with Gasteiger partial charge in [-0.15, -0.1) is 0 Å². The number of nitrogens with zero attached hydrogens (tertiary/aromatic N) is 2. The van der Waals surface area contributed by atoms with E-state index in [0.29, 0.717) is 36.0 Å². The lowest BCUT2D eigenvalue weighted by Crippen LogP contribution is -2.66. The standard InChI is InChI=1S/C22H29ClN4O3S/c1-13-4-5-18(17(23)6-13)30-21(2,3)20(25)27(12-24)19-15-7-14-8-16(19)11-22(9-14,10-15)31(26,28)29/h4-6,14-16,19,25H,7-11H2,1-3H3,(H2,26,28,29). The molecule has 0 amide bonds. The Balaban J connectivity index is 1.59. The van der Waals surface area contributed by atoms with Crippen LogP contribution < -0.4 is 9.88 Å². The van der Waals surface area contributed by atoms with Crippen molar-refractivity contribution in [1.82, 2.24) is 4.90 Å². The molecule has 0 spiro atoms. The van der Waals surface area contributed by atoms with Crippen LogP contribution in [0.25, 0.3) is 0 Å². The van der Waals surface area contributed by atoms with Crippen molar-refractivity contribution in [2.45, 2.75) is 69.3 Å². The molecule has 1 aromatic carbocycles. The molecule has 0 aliphatic heterocycles. The number of rotatable bonds is 5. The van der Waals surface area contributed by atoms with E-state index >= 15 is 0 Å². The first-order chi connectivity index (χ1) is 14.4. The molecule has 31 heavy (non-hydrogen) atoms. The maximum absolute atomic E-state index is 12.4. The number of primary sulfonamides is 1. The summed E-state index contributed by atoms with van der Waals surface area (Å²) in [6.45, 7) is 5.43. The molecular formula is C22H29ClN4O3S. The largest absolute Gasteiger partial charge is 0.478 e. The summed E-state index contributed by atoms with van der Waals surface area (Å²) in [5, 5.41) is 25.0. The molecule has 0 radical (unpaired) electrons. The van der Waals surface area contributed by atoms with E-state index in [1.165, 1.54) is 4.90 Å². The molecule has 4 saturated carbocycles. The van der Waals surface area contributed by atoms with Crippen LogP contribution in [0.15, 0.2) is 18.2 Å². The zero-order chi connectivity index (χ0) is 22.8. The van der Waals surface area contributed by atoms with Crippen LogP contribution in [-0.4, -0.2) is 35.5 Å². The third-order valence-corrected chi connectivity index (χ3v) is 9.44. The summed E-state index contributed by atoms with van der Waals surface area (Å²) in [5.41, 5.74) is -0.0951. The minimum Gasteiger partial charge on any atom is -0.478 e. The Morgan fingerprint density at radius 3 is 2.45 bits per heavy atom. The fourth-order valence-corrected chi connectivity index (χ4v) is 7.90. The van der Waals surface area contributed by atoms with Gasteiger partial charge < -0.3 is 4.74 Å². The third-order valence-electron chi connectivity index (χ3n) is 7.44. The number of hydrogen-bond donors (Lipinski definition) is 2. The molecule has 4 bridgehead atoms. The van der Waals surface area contributed by atoms with Gasteiger partial charge in [-0.05, 0) is 88.3 Å². The molecule has 9 heteroatoms. The quantitative estimate of drug-likeness (QED) is 0.297. The summed E-state index contributed by atoms with van der Waals surface area (Å²) in [6.07, 6.45) is 5.49. The number of halogens is 1. The topological polar surface area (TPSA) is 120 Å². The smallest absolute Gasteiger partial charge is 0.214 e. The minimum absolute atomic E-state index is 0.0170. The first-order valence-electron chi connectivity index (χ1n) is 10.6. The van der Waals surface area contributed by atoms with E-state index in [9.17, 15) is 13.7 Å². The van der Waals surface area contributed by atoms with Gasteiger partial charge in [-0.2, -0.15) is 5.26 Å². The molecule has 0 saturated heterocycles. The number of amidine groups is 1. The van der Waals surface area contributed by atoms with Gasteiger partial charge in [-0.3, -0.25) is 10.3 Å². The number of aryl methyl sites for hydroxylation is 1. The van der Waals surface area contributed by atoms with Crippen molar-refractivity contribution in [1.29, 1.82) is 10.7 Å². The molecular weight excluding hydrogens is 436 g/mol. The number of ether oxygens (including phenoxy) is 1. The van der Waals surface area contributed by atoms with Crippen LogP contribution in [0.1, 0.15) is 51.5 Å². The second kappa shape index (κ2) is 7.36. The van der Waals surface area contributed by atoms with Crippen LogP contribution >= 0.6 is 11.6 Å². The van der Waals surface area contributed by atoms with Crippen molar-refractivity contribution in [3.05, 3.63) is 28.8 Å². The average molecular weight is 465 g/mol.